The van der Waals surface area contributed by atoms with Gasteiger partial charge in [0, 0.05) is 35.4 Å². The highest BCUT2D eigenvalue weighted by atomic mass is 16.1. The van der Waals surface area contributed by atoms with Gasteiger partial charge in [0.1, 0.15) is 0 Å². The fraction of sp³-hybridized carbons (Fsp3) is 0.333. The summed E-state index contributed by atoms with van der Waals surface area (Å²) < 4.78 is 0. The van der Waals surface area contributed by atoms with Gasteiger partial charge in [-0.05, 0) is 30.9 Å². The SMILES string of the molecule is CCCCc1cc(=O)[nH]c(NCCc2c[nH]c3ccccc23)n1. The summed E-state index contributed by atoms with van der Waals surface area (Å²) >= 11 is 0. The zero-order valence-corrected chi connectivity index (χ0v) is 13.4. The molecule has 0 aliphatic carbocycles. The molecule has 0 aliphatic heterocycles. The predicted octanol–water partition coefficient (Wildman–Crippen LogP) is 3.25. The van der Waals surface area contributed by atoms with Crippen LogP contribution in [0.4, 0.5) is 5.95 Å². The summed E-state index contributed by atoms with van der Waals surface area (Å²) in [5, 5.41) is 4.47. The van der Waals surface area contributed by atoms with Crippen molar-refractivity contribution in [3.8, 4) is 0 Å². The Morgan fingerprint density at radius 2 is 2.09 bits per heavy atom. The Balaban J connectivity index is 1.64. The summed E-state index contributed by atoms with van der Waals surface area (Å²) in [5.74, 6) is 0.559. The summed E-state index contributed by atoms with van der Waals surface area (Å²) in [7, 11) is 0. The second kappa shape index (κ2) is 7.13. The molecule has 0 aliphatic rings. The largest absolute Gasteiger partial charge is 0.361 e. The van der Waals surface area contributed by atoms with Gasteiger partial charge in [0.05, 0.1) is 0 Å². The lowest BCUT2D eigenvalue weighted by Crippen LogP contribution is -2.15. The Hall–Kier alpha value is -2.56. The van der Waals surface area contributed by atoms with E-state index in [2.05, 4.69) is 39.3 Å². The van der Waals surface area contributed by atoms with Crippen molar-refractivity contribution >= 4 is 16.9 Å². The van der Waals surface area contributed by atoms with Gasteiger partial charge in [-0.25, -0.2) is 4.98 Å². The molecule has 0 bridgehead atoms. The van der Waals surface area contributed by atoms with Crippen LogP contribution < -0.4 is 10.9 Å². The van der Waals surface area contributed by atoms with E-state index in [9.17, 15) is 4.79 Å². The molecule has 0 amide bonds. The number of aryl methyl sites for hydroxylation is 1. The Kier molecular flexibility index (Phi) is 4.76. The molecule has 120 valence electrons. The van der Waals surface area contributed by atoms with Gasteiger partial charge in [0.15, 0.2) is 0 Å². The summed E-state index contributed by atoms with van der Waals surface area (Å²) in [6, 6.07) is 9.84. The molecular weight excluding hydrogens is 288 g/mol. The van der Waals surface area contributed by atoms with Crippen molar-refractivity contribution in [2.75, 3.05) is 11.9 Å². The fourth-order valence-corrected chi connectivity index (χ4v) is 2.73. The Labute approximate surface area is 135 Å². The van der Waals surface area contributed by atoms with Crippen LogP contribution in [0.5, 0.6) is 0 Å². The van der Waals surface area contributed by atoms with Crippen molar-refractivity contribution in [1.82, 2.24) is 15.0 Å². The van der Waals surface area contributed by atoms with Gasteiger partial charge in [0.25, 0.3) is 5.56 Å². The number of H-pyrrole nitrogens is 2. The predicted molar refractivity (Wildman–Crippen MR) is 94.0 cm³/mol. The molecule has 1 aromatic carbocycles. The van der Waals surface area contributed by atoms with Crippen LogP contribution in [0.2, 0.25) is 0 Å². The molecule has 5 nitrogen and oxygen atoms in total. The van der Waals surface area contributed by atoms with Crippen molar-refractivity contribution in [2.45, 2.75) is 32.6 Å². The number of benzene rings is 1. The number of nitrogens with one attached hydrogen (secondary N) is 3. The first-order chi connectivity index (χ1) is 11.3. The molecule has 5 heteroatoms. The molecule has 0 spiro atoms. The van der Waals surface area contributed by atoms with Gasteiger partial charge in [-0.2, -0.15) is 0 Å². The molecule has 2 aromatic heterocycles. The van der Waals surface area contributed by atoms with Gasteiger partial charge in [0.2, 0.25) is 5.95 Å². The van der Waals surface area contributed by atoms with E-state index < -0.39 is 0 Å². The molecule has 0 saturated heterocycles. The molecule has 0 atom stereocenters. The molecule has 0 saturated carbocycles. The summed E-state index contributed by atoms with van der Waals surface area (Å²) in [5.41, 5.74) is 3.17. The van der Waals surface area contributed by atoms with Crippen LogP contribution in [-0.4, -0.2) is 21.5 Å². The number of aromatic amines is 2. The summed E-state index contributed by atoms with van der Waals surface area (Å²) in [6.45, 7) is 2.86. The number of unbranched alkanes of at least 4 members (excludes halogenated alkanes) is 1. The van der Waals surface area contributed by atoms with Crippen LogP contribution in [0.1, 0.15) is 31.0 Å². The van der Waals surface area contributed by atoms with Crippen molar-refractivity contribution in [3.05, 3.63) is 58.1 Å². The third kappa shape index (κ3) is 3.80. The number of hydrogen-bond acceptors (Lipinski definition) is 3. The number of rotatable bonds is 7. The molecule has 0 unspecified atom stereocenters. The Morgan fingerprint density at radius 1 is 1.22 bits per heavy atom. The van der Waals surface area contributed by atoms with E-state index in [1.54, 1.807) is 6.07 Å². The lowest BCUT2D eigenvalue weighted by molar-refractivity contribution is 0.771. The van der Waals surface area contributed by atoms with Gasteiger partial charge in [-0.1, -0.05) is 31.5 Å². The number of hydrogen-bond donors (Lipinski definition) is 3. The first-order valence-corrected chi connectivity index (χ1v) is 8.15. The monoisotopic (exact) mass is 310 g/mol. The van der Waals surface area contributed by atoms with Crippen LogP contribution in [0.3, 0.4) is 0 Å². The van der Waals surface area contributed by atoms with Crippen LogP contribution in [0.15, 0.2) is 41.3 Å². The van der Waals surface area contributed by atoms with Crippen LogP contribution in [0.25, 0.3) is 10.9 Å². The first kappa shape index (κ1) is 15.3. The van der Waals surface area contributed by atoms with E-state index in [0.717, 1.165) is 43.4 Å². The van der Waals surface area contributed by atoms with Crippen LogP contribution >= 0.6 is 0 Å². The van der Waals surface area contributed by atoms with Crippen molar-refractivity contribution < 1.29 is 0 Å². The summed E-state index contributed by atoms with van der Waals surface area (Å²) in [6.07, 6.45) is 5.90. The lowest BCUT2D eigenvalue weighted by Gasteiger charge is -2.06. The van der Waals surface area contributed by atoms with Gasteiger partial charge in [-0.15, -0.1) is 0 Å². The minimum atomic E-state index is -0.0966. The number of nitrogens with zero attached hydrogens (tertiary/aromatic N) is 1. The Morgan fingerprint density at radius 3 is 2.96 bits per heavy atom. The molecule has 23 heavy (non-hydrogen) atoms. The summed E-state index contributed by atoms with van der Waals surface area (Å²) in [4.78, 5) is 22.2. The fourth-order valence-electron chi connectivity index (χ4n) is 2.73. The smallest absolute Gasteiger partial charge is 0.252 e. The molecule has 3 rings (SSSR count). The molecule has 0 radical (unpaired) electrons. The third-order valence-corrected chi connectivity index (χ3v) is 3.94. The van der Waals surface area contributed by atoms with E-state index in [4.69, 9.17) is 0 Å². The van der Waals surface area contributed by atoms with Gasteiger partial charge < -0.3 is 10.3 Å². The van der Waals surface area contributed by atoms with Crippen LogP contribution in [-0.2, 0) is 12.8 Å². The average molecular weight is 310 g/mol. The Bertz CT molecular complexity index is 834. The highest BCUT2D eigenvalue weighted by Crippen LogP contribution is 2.17. The highest BCUT2D eigenvalue weighted by molar-refractivity contribution is 5.83. The van der Waals surface area contributed by atoms with Crippen molar-refractivity contribution in [1.29, 1.82) is 0 Å². The molecule has 2 heterocycles. The van der Waals surface area contributed by atoms with Crippen molar-refractivity contribution in [2.24, 2.45) is 0 Å². The molecular formula is C18H22N4O. The quantitative estimate of drug-likeness (QED) is 0.627. The zero-order chi connectivity index (χ0) is 16.1. The maximum atomic E-state index is 11.7. The molecule has 0 fully saturated rings. The minimum absolute atomic E-state index is 0.0966. The number of fused-ring (bicyclic) bond motifs is 1. The average Bonchev–Trinajstić information content (AvgIpc) is 2.96. The second-order valence-electron chi connectivity index (χ2n) is 5.73. The molecule has 3 N–H and O–H groups in total. The van der Waals surface area contributed by atoms with Crippen LogP contribution in [0, 0.1) is 0 Å². The van der Waals surface area contributed by atoms with Gasteiger partial charge in [-0.3, -0.25) is 9.78 Å². The van der Waals surface area contributed by atoms with E-state index in [1.165, 1.54) is 10.9 Å². The highest BCUT2D eigenvalue weighted by Gasteiger charge is 2.04. The maximum Gasteiger partial charge on any atom is 0.252 e. The third-order valence-electron chi connectivity index (χ3n) is 3.94. The lowest BCUT2D eigenvalue weighted by atomic mass is 10.1. The second-order valence-corrected chi connectivity index (χ2v) is 5.73. The van der Waals surface area contributed by atoms with Gasteiger partial charge >= 0.3 is 0 Å². The number of para-hydroxylation sites is 1. The zero-order valence-electron chi connectivity index (χ0n) is 13.4. The van der Waals surface area contributed by atoms with Crippen molar-refractivity contribution in [3.63, 3.8) is 0 Å². The maximum absolute atomic E-state index is 11.7. The molecule has 3 aromatic rings. The topological polar surface area (TPSA) is 73.6 Å². The normalized spacial score (nSPS) is 11.0. The van der Waals surface area contributed by atoms with E-state index in [-0.39, 0.29) is 5.56 Å². The van der Waals surface area contributed by atoms with E-state index in [0.29, 0.717) is 5.95 Å². The van der Waals surface area contributed by atoms with E-state index >= 15 is 0 Å². The number of anilines is 1. The number of aromatic nitrogens is 3. The first-order valence-electron chi connectivity index (χ1n) is 8.15. The minimum Gasteiger partial charge on any atom is -0.361 e. The van der Waals surface area contributed by atoms with E-state index in [1.807, 2.05) is 18.3 Å². The standard InChI is InChI=1S/C18H22N4O/c1-2-3-6-14-11-17(23)22-18(21-14)19-10-9-13-12-20-16-8-5-4-7-15(13)16/h4-5,7-8,11-12,20H,2-3,6,9-10H2,1H3,(H2,19,21,22,23).